The number of benzene rings is 1. The molecular weight excluding hydrogens is 324 g/mol. The Morgan fingerprint density at radius 3 is 2.38 bits per heavy atom. The molecule has 1 N–H and O–H groups in total. The minimum absolute atomic E-state index is 0.302. The highest BCUT2D eigenvalue weighted by Crippen LogP contribution is 2.51. The highest BCUT2D eigenvalue weighted by atomic mass is 32.2. The quantitative estimate of drug-likeness (QED) is 0.889. The summed E-state index contributed by atoms with van der Waals surface area (Å²) in [5.41, 5.74) is 0.757. The Hall–Kier alpha value is -1.82. The van der Waals surface area contributed by atoms with Crippen LogP contribution in [-0.2, 0) is 10.0 Å². The van der Waals surface area contributed by atoms with Crippen molar-refractivity contribution in [3.8, 4) is 0 Å². The molecular formula is C18H24N2O3S. The van der Waals surface area contributed by atoms with Crippen LogP contribution in [0.5, 0.6) is 0 Å². The van der Waals surface area contributed by atoms with Crippen molar-refractivity contribution in [2.45, 2.75) is 51.5 Å². The smallest absolute Gasteiger partial charge is 0.332 e. The number of sulfonamides is 1. The molecule has 1 fully saturated rings. The summed E-state index contributed by atoms with van der Waals surface area (Å²) in [4.78, 5) is 13.0. The Balaban J connectivity index is 2.20. The van der Waals surface area contributed by atoms with Crippen LogP contribution in [-0.4, -0.2) is 30.8 Å². The molecule has 2 amide bonds. The summed E-state index contributed by atoms with van der Waals surface area (Å²) in [6.07, 6.45) is 4.35. The molecule has 1 aliphatic heterocycles. The first-order valence-electron chi connectivity index (χ1n) is 8.55. The van der Waals surface area contributed by atoms with E-state index in [4.69, 9.17) is 0 Å². The van der Waals surface area contributed by atoms with Gasteiger partial charge < -0.3 is 5.32 Å². The molecule has 1 heterocycles. The molecule has 0 radical (unpaired) electrons. The van der Waals surface area contributed by atoms with Gasteiger partial charge in [0, 0.05) is 6.54 Å². The van der Waals surface area contributed by atoms with E-state index >= 15 is 0 Å². The Kier molecular flexibility index (Phi) is 4.42. The lowest BCUT2D eigenvalue weighted by molar-refractivity contribution is 0.167. The highest BCUT2D eigenvalue weighted by molar-refractivity contribution is 7.99. The zero-order valence-corrected chi connectivity index (χ0v) is 15.0. The summed E-state index contributed by atoms with van der Waals surface area (Å²) in [6.45, 7) is 4.08. The molecule has 1 aliphatic carbocycles. The molecule has 0 bridgehead atoms. The third-order valence-electron chi connectivity index (χ3n) is 5.15. The Morgan fingerprint density at radius 2 is 1.79 bits per heavy atom. The maximum absolute atomic E-state index is 13.3. The van der Waals surface area contributed by atoms with Crippen molar-refractivity contribution in [2.75, 3.05) is 6.54 Å². The van der Waals surface area contributed by atoms with Gasteiger partial charge in [0.05, 0.1) is 10.4 Å². The van der Waals surface area contributed by atoms with E-state index in [9.17, 15) is 13.2 Å². The molecule has 1 saturated carbocycles. The molecule has 6 heteroatoms. The van der Waals surface area contributed by atoms with E-state index in [2.05, 4.69) is 5.32 Å². The Labute approximate surface area is 143 Å². The number of carbonyl (C=O) groups is 1. The topological polar surface area (TPSA) is 66.5 Å². The lowest BCUT2D eigenvalue weighted by Gasteiger charge is -2.41. The van der Waals surface area contributed by atoms with Crippen molar-refractivity contribution in [2.24, 2.45) is 0 Å². The molecule has 1 aromatic carbocycles. The van der Waals surface area contributed by atoms with Gasteiger partial charge in [-0.05, 0) is 37.8 Å². The Bertz CT molecular complexity index is 763. The van der Waals surface area contributed by atoms with Gasteiger partial charge in [0.15, 0.2) is 0 Å². The van der Waals surface area contributed by atoms with Gasteiger partial charge in [-0.15, -0.1) is 0 Å². The first kappa shape index (κ1) is 17.0. The van der Waals surface area contributed by atoms with E-state index in [0.717, 1.165) is 29.1 Å². The monoisotopic (exact) mass is 348 g/mol. The van der Waals surface area contributed by atoms with E-state index in [1.165, 1.54) is 0 Å². The van der Waals surface area contributed by atoms with Gasteiger partial charge in [-0.25, -0.2) is 17.5 Å². The number of carbonyl (C=O) groups excluding carboxylic acids is 1. The maximum Gasteiger partial charge on any atom is 0.332 e. The van der Waals surface area contributed by atoms with Crippen LogP contribution in [0.25, 0.3) is 4.91 Å². The molecule has 0 atom stereocenters. The van der Waals surface area contributed by atoms with Crippen LogP contribution in [0.4, 0.5) is 4.79 Å². The molecule has 1 aromatic rings. The van der Waals surface area contributed by atoms with Gasteiger partial charge in [-0.2, -0.15) is 0 Å². The number of urea groups is 1. The van der Waals surface area contributed by atoms with E-state index in [1.54, 1.807) is 19.1 Å². The van der Waals surface area contributed by atoms with Gasteiger partial charge in [-0.1, -0.05) is 49.6 Å². The number of amides is 2. The summed E-state index contributed by atoms with van der Waals surface area (Å²) < 4.78 is 27.7. The Morgan fingerprint density at radius 1 is 1.17 bits per heavy atom. The van der Waals surface area contributed by atoms with Crippen molar-refractivity contribution in [3.05, 3.63) is 41.5 Å². The lowest BCUT2D eigenvalue weighted by Crippen LogP contribution is -2.55. The fraction of sp³-hybridized carbons (Fsp3) is 0.500. The van der Waals surface area contributed by atoms with Gasteiger partial charge in [0.25, 0.3) is 10.0 Å². The second-order valence-electron chi connectivity index (χ2n) is 6.52. The van der Waals surface area contributed by atoms with Crippen LogP contribution in [0.2, 0.25) is 0 Å². The van der Waals surface area contributed by atoms with Crippen molar-refractivity contribution in [1.29, 1.82) is 0 Å². The fourth-order valence-corrected chi connectivity index (χ4v) is 6.33. The summed E-state index contributed by atoms with van der Waals surface area (Å²) in [5.74, 6) is 0. The van der Waals surface area contributed by atoms with Crippen LogP contribution in [0, 0.1) is 0 Å². The van der Waals surface area contributed by atoms with Crippen LogP contribution in [0.3, 0.4) is 0 Å². The third kappa shape index (κ3) is 2.44. The number of nitrogens with one attached hydrogen (secondary N) is 1. The number of hydrogen-bond donors (Lipinski definition) is 1. The lowest BCUT2D eigenvalue weighted by atomic mass is 9.76. The van der Waals surface area contributed by atoms with E-state index in [-0.39, 0.29) is 0 Å². The van der Waals surface area contributed by atoms with Crippen LogP contribution in [0.1, 0.15) is 51.5 Å². The standard InChI is InChI=1S/C18H24N2O3S/c1-3-19-17(21)20-18(12-8-5-9-13-18)14(2)16(24(20,22)23)15-10-6-4-7-11-15/h4,6-7,10-11H,3,5,8-9,12-13H2,1-2H3,(H,19,21). The average Bonchev–Trinajstić information content (AvgIpc) is 2.72. The highest BCUT2D eigenvalue weighted by Gasteiger charge is 2.56. The van der Waals surface area contributed by atoms with E-state index in [0.29, 0.717) is 29.9 Å². The molecule has 24 heavy (non-hydrogen) atoms. The van der Waals surface area contributed by atoms with Gasteiger partial charge in [-0.3, -0.25) is 0 Å². The third-order valence-corrected chi connectivity index (χ3v) is 7.21. The van der Waals surface area contributed by atoms with Crippen molar-refractivity contribution < 1.29 is 13.2 Å². The van der Waals surface area contributed by atoms with E-state index < -0.39 is 21.6 Å². The molecule has 2 aliphatic rings. The van der Waals surface area contributed by atoms with Crippen molar-refractivity contribution in [1.82, 2.24) is 9.62 Å². The number of rotatable bonds is 2. The van der Waals surface area contributed by atoms with Crippen molar-refractivity contribution in [3.63, 3.8) is 0 Å². The average molecular weight is 348 g/mol. The minimum Gasteiger partial charge on any atom is -0.337 e. The molecule has 0 saturated heterocycles. The fourth-order valence-electron chi connectivity index (χ4n) is 4.07. The number of hydrogen-bond acceptors (Lipinski definition) is 3. The van der Waals surface area contributed by atoms with Gasteiger partial charge >= 0.3 is 6.03 Å². The molecule has 0 unspecified atom stereocenters. The molecule has 3 rings (SSSR count). The second kappa shape index (κ2) is 6.24. The zero-order chi connectivity index (χ0) is 17.4. The second-order valence-corrected chi connectivity index (χ2v) is 8.24. The van der Waals surface area contributed by atoms with E-state index in [1.807, 2.05) is 25.1 Å². The summed E-state index contributed by atoms with van der Waals surface area (Å²) in [6, 6.07) is 8.60. The first-order valence-corrected chi connectivity index (χ1v) is 9.99. The minimum atomic E-state index is -3.86. The molecule has 1 spiro atoms. The van der Waals surface area contributed by atoms with Gasteiger partial charge in [0.2, 0.25) is 0 Å². The van der Waals surface area contributed by atoms with Crippen LogP contribution < -0.4 is 5.32 Å². The zero-order valence-electron chi connectivity index (χ0n) is 14.2. The molecule has 130 valence electrons. The largest absolute Gasteiger partial charge is 0.337 e. The number of nitrogens with zero attached hydrogens (tertiary/aromatic N) is 1. The van der Waals surface area contributed by atoms with Crippen LogP contribution >= 0.6 is 0 Å². The first-order chi connectivity index (χ1) is 11.4. The molecule has 5 nitrogen and oxygen atoms in total. The summed E-state index contributed by atoms with van der Waals surface area (Å²) in [5, 5.41) is 2.69. The molecule has 0 aromatic heterocycles. The van der Waals surface area contributed by atoms with Gasteiger partial charge in [0.1, 0.15) is 0 Å². The predicted molar refractivity (Wildman–Crippen MR) is 94.7 cm³/mol. The SMILES string of the molecule is CCNC(=O)N1C2(CCCCC2)C(C)=C(c2ccccc2)S1(=O)=O. The maximum atomic E-state index is 13.3. The predicted octanol–water partition coefficient (Wildman–Crippen LogP) is 3.50. The summed E-state index contributed by atoms with van der Waals surface area (Å²) in [7, 11) is -3.86. The van der Waals surface area contributed by atoms with Crippen LogP contribution in [0.15, 0.2) is 35.9 Å². The normalized spacial score (nSPS) is 22.0. The summed E-state index contributed by atoms with van der Waals surface area (Å²) >= 11 is 0. The van der Waals surface area contributed by atoms with Crippen molar-refractivity contribution >= 4 is 21.0 Å².